The van der Waals surface area contributed by atoms with Gasteiger partial charge in [-0.15, -0.1) is 0 Å². The number of rotatable bonds is 4. The van der Waals surface area contributed by atoms with Gasteiger partial charge in [0.25, 0.3) is 5.91 Å². The maximum absolute atomic E-state index is 12.7. The molecule has 7 heteroatoms. The molecule has 2 aromatic rings. The van der Waals surface area contributed by atoms with Crippen LogP contribution in [0.1, 0.15) is 23.3 Å². The Morgan fingerprint density at radius 3 is 2.95 bits per heavy atom. The second-order valence-electron chi connectivity index (χ2n) is 5.39. The lowest BCUT2D eigenvalue weighted by atomic mass is 10.1. The Kier molecular flexibility index (Phi) is 3.81. The van der Waals surface area contributed by atoms with Crippen LogP contribution in [0.15, 0.2) is 30.6 Å². The highest BCUT2D eigenvalue weighted by Crippen LogP contribution is 2.24. The third-order valence-corrected chi connectivity index (χ3v) is 3.96. The number of ether oxygens (including phenoxy) is 1. The third-order valence-electron chi connectivity index (χ3n) is 3.96. The number of hydrogen-bond acceptors (Lipinski definition) is 4. The summed E-state index contributed by atoms with van der Waals surface area (Å²) in [6, 6.07) is 5.15. The van der Waals surface area contributed by atoms with Crippen LogP contribution in [0.2, 0.25) is 0 Å². The number of aliphatic carboxylic acids is 1. The zero-order chi connectivity index (χ0) is 15.7. The molecule has 0 bridgehead atoms. The molecule has 2 unspecified atom stereocenters. The molecule has 0 aromatic carbocycles. The molecule has 1 amide bonds. The van der Waals surface area contributed by atoms with Crippen molar-refractivity contribution >= 4 is 17.5 Å². The molecule has 1 aliphatic heterocycles. The molecule has 0 spiro atoms. The lowest BCUT2D eigenvalue weighted by Crippen LogP contribution is -2.37. The van der Waals surface area contributed by atoms with Gasteiger partial charge in [0.2, 0.25) is 0 Å². The number of aromatic nitrogens is 2. The minimum Gasteiger partial charge on any atom is -0.481 e. The number of amides is 1. The van der Waals surface area contributed by atoms with Gasteiger partial charge in [-0.2, -0.15) is 0 Å². The minimum absolute atomic E-state index is 0.0844. The van der Waals surface area contributed by atoms with E-state index in [0.29, 0.717) is 24.3 Å². The normalized spacial score (nSPS) is 21.4. The van der Waals surface area contributed by atoms with Gasteiger partial charge in [0, 0.05) is 32.1 Å². The van der Waals surface area contributed by atoms with Gasteiger partial charge >= 0.3 is 5.97 Å². The maximum Gasteiger partial charge on any atom is 0.305 e. The van der Waals surface area contributed by atoms with E-state index in [2.05, 4.69) is 4.98 Å². The highest BCUT2D eigenvalue weighted by Gasteiger charge is 2.37. The van der Waals surface area contributed by atoms with Crippen LogP contribution in [0.25, 0.3) is 5.65 Å². The summed E-state index contributed by atoms with van der Waals surface area (Å²) in [6.07, 6.45) is 3.79. The predicted octanol–water partition coefficient (Wildman–Crippen LogP) is 1.04. The molecule has 0 saturated carbocycles. The number of hydrogen-bond donors (Lipinski definition) is 1. The van der Waals surface area contributed by atoms with Crippen LogP contribution >= 0.6 is 0 Å². The van der Waals surface area contributed by atoms with E-state index in [4.69, 9.17) is 9.84 Å². The molecule has 2 atom stereocenters. The Balaban J connectivity index is 1.86. The summed E-state index contributed by atoms with van der Waals surface area (Å²) >= 11 is 0. The maximum atomic E-state index is 12.7. The van der Waals surface area contributed by atoms with Gasteiger partial charge < -0.3 is 19.1 Å². The van der Waals surface area contributed by atoms with Crippen molar-refractivity contribution in [2.45, 2.75) is 25.0 Å². The van der Waals surface area contributed by atoms with Crippen molar-refractivity contribution in [2.75, 3.05) is 13.7 Å². The van der Waals surface area contributed by atoms with E-state index >= 15 is 0 Å². The average molecular weight is 303 g/mol. The molecule has 1 saturated heterocycles. The van der Waals surface area contributed by atoms with Crippen LogP contribution in [0.4, 0.5) is 0 Å². The van der Waals surface area contributed by atoms with Gasteiger partial charge in [0.05, 0.1) is 12.5 Å². The third kappa shape index (κ3) is 2.67. The van der Waals surface area contributed by atoms with Crippen LogP contribution in [0.3, 0.4) is 0 Å². The largest absolute Gasteiger partial charge is 0.481 e. The number of imidazole rings is 1. The van der Waals surface area contributed by atoms with Crippen molar-refractivity contribution in [1.82, 2.24) is 14.3 Å². The number of carbonyl (C=O) groups excluding carboxylic acids is 1. The topological polar surface area (TPSA) is 84.1 Å². The fraction of sp³-hybridized carbons (Fsp3) is 0.400. The summed E-state index contributed by atoms with van der Waals surface area (Å²) in [5.74, 6) is -1.18. The zero-order valence-electron chi connectivity index (χ0n) is 12.2. The lowest BCUT2D eigenvalue weighted by Gasteiger charge is -2.22. The van der Waals surface area contributed by atoms with E-state index in [0.717, 1.165) is 0 Å². The smallest absolute Gasteiger partial charge is 0.305 e. The second-order valence-corrected chi connectivity index (χ2v) is 5.39. The number of carboxylic acids is 1. The first-order valence-corrected chi connectivity index (χ1v) is 7.07. The number of pyridine rings is 1. The molecular formula is C15H17N3O4. The Morgan fingerprint density at radius 2 is 2.27 bits per heavy atom. The molecule has 7 nitrogen and oxygen atoms in total. The molecule has 1 fully saturated rings. The van der Waals surface area contributed by atoms with Crippen LogP contribution in [0.5, 0.6) is 0 Å². The van der Waals surface area contributed by atoms with Crippen LogP contribution in [0, 0.1) is 0 Å². The SMILES string of the molecule is COC1CC(CC(=O)O)N(C(=O)c2cn3ccccc3n2)C1. The minimum atomic E-state index is -0.922. The van der Waals surface area contributed by atoms with E-state index in [9.17, 15) is 9.59 Å². The molecular weight excluding hydrogens is 286 g/mol. The van der Waals surface area contributed by atoms with Gasteiger partial charge in [-0.3, -0.25) is 9.59 Å². The summed E-state index contributed by atoms with van der Waals surface area (Å²) in [7, 11) is 1.57. The molecule has 3 rings (SSSR count). The van der Waals surface area contributed by atoms with Crippen LogP contribution < -0.4 is 0 Å². The Labute approximate surface area is 127 Å². The fourth-order valence-corrected chi connectivity index (χ4v) is 2.87. The molecule has 116 valence electrons. The van der Waals surface area contributed by atoms with Crippen molar-refractivity contribution in [2.24, 2.45) is 0 Å². The first kappa shape index (κ1) is 14.5. The van der Waals surface area contributed by atoms with E-state index in [1.54, 1.807) is 22.6 Å². The van der Waals surface area contributed by atoms with Gasteiger partial charge in [0.1, 0.15) is 11.3 Å². The molecule has 0 radical (unpaired) electrons. The Morgan fingerprint density at radius 1 is 1.45 bits per heavy atom. The van der Waals surface area contributed by atoms with Gasteiger partial charge in [-0.1, -0.05) is 6.07 Å². The summed E-state index contributed by atoms with van der Waals surface area (Å²) in [5, 5.41) is 9.02. The second kappa shape index (κ2) is 5.76. The summed E-state index contributed by atoms with van der Waals surface area (Å²) < 4.78 is 7.05. The number of methoxy groups -OCH3 is 1. The molecule has 1 N–H and O–H groups in total. The van der Waals surface area contributed by atoms with Gasteiger partial charge in [0.15, 0.2) is 0 Å². The quantitative estimate of drug-likeness (QED) is 0.912. The molecule has 22 heavy (non-hydrogen) atoms. The molecule has 3 heterocycles. The van der Waals surface area contributed by atoms with Crippen LogP contribution in [-0.2, 0) is 9.53 Å². The molecule has 0 aliphatic carbocycles. The zero-order valence-corrected chi connectivity index (χ0v) is 12.2. The predicted molar refractivity (Wildman–Crippen MR) is 77.7 cm³/mol. The van der Waals surface area contributed by atoms with Crippen molar-refractivity contribution in [3.05, 3.63) is 36.3 Å². The van der Waals surface area contributed by atoms with E-state index in [1.165, 1.54) is 0 Å². The van der Waals surface area contributed by atoms with Crippen molar-refractivity contribution in [3.8, 4) is 0 Å². The van der Waals surface area contributed by atoms with Gasteiger partial charge in [-0.05, 0) is 18.6 Å². The Hall–Kier alpha value is -2.41. The molecule has 1 aliphatic rings. The lowest BCUT2D eigenvalue weighted by molar-refractivity contribution is -0.137. The first-order valence-electron chi connectivity index (χ1n) is 7.07. The first-order chi connectivity index (χ1) is 10.6. The van der Waals surface area contributed by atoms with E-state index in [1.807, 2.05) is 24.4 Å². The highest BCUT2D eigenvalue weighted by atomic mass is 16.5. The van der Waals surface area contributed by atoms with Crippen molar-refractivity contribution in [3.63, 3.8) is 0 Å². The number of fused-ring (bicyclic) bond motifs is 1. The number of carboxylic acid groups (broad SMARTS) is 1. The Bertz CT molecular complexity index is 679. The standard InChI is InChI=1S/C15H17N3O4/c1-22-11-6-10(7-14(19)20)18(8-11)15(21)12-9-17-5-3-2-4-13(17)16-12/h2-5,9-11H,6-8H2,1H3,(H,19,20). The van der Waals surface area contributed by atoms with Crippen molar-refractivity contribution in [1.29, 1.82) is 0 Å². The van der Waals surface area contributed by atoms with Crippen LogP contribution in [-0.4, -0.2) is 57.1 Å². The highest BCUT2D eigenvalue weighted by molar-refractivity contribution is 5.93. The number of nitrogens with zero attached hydrogens (tertiary/aromatic N) is 3. The summed E-state index contributed by atoms with van der Waals surface area (Å²) in [4.78, 5) is 29.5. The van der Waals surface area contributed by atoms with E-state index in [-0.39, 0.29) is 24.5 Å². The number of carbonyl (C=O) groups is 2. The number of likely N-dealkylation sites (tertiary alicyclic amines) is 1. The average Bonchev–Trinajstić information content (AvgIpc) is 3.09. The summed E-state index contributed by atoms with van der Waals surface area (Å²) in [6.45, 7) is 0.390. The van der Waals surface area contributed by atoms with E-state index < -0.39 is 5.97 Å². The fourth-order valence-electron chi connectivity index (χ4n) is 2.87. The van der Waals surface area contributed by atoms with Gasteiger partial charge in [-0.25, -0.2) is 4.98 Å². The monoisotopic (exact) mass is 303 g/mol. The van der Waals surface area contributed by atoms with Crippen molar-refractivity contribution < 1.29 is 19.4 Å². The molecule has 2 aromatic heterocycles. The summed E-state index contributed by atoms with van der Waals surface area (Å²) in [5.41, 5.74) is 1.00.